The van der Waals surface area contributed by atoms with Crippen LogP contribution in [0.3, 0.4) is 0 Å². The van der Waals surface area contributed by atoms with Crippen LogP contribution in [0.5, 0.6) is 0 Å². The van der Waals surface area contributed by atoms with Crippen LogP contribution in [-0.2, 0) is 4.79 Å². The molecular weight excluding hydrogens is 354 g/mol. The fraction of sp³-hybridized carbons (Fsp3) is 0. The van der Waals surface area contributed by atoms with Crippen molar-refractivity contribution < 1.29 is 9.21 Å². The molecule has 0 saturated heterocycles. The molecule has 0 atom stereocenters. The Bertz CT molecular complexity index is 837. The second-order valence-electron chi connectivity index (χ2n) is 4.90. The Kier molecular flexibility index (Phi) is 4.74. The van der Waals surface area contributed by atoms with Crippen LogP contribution in [0.1, 0.15) is 5.76 Å². The van der Waals surface area contributed by atoms with Gasteiger partial charge < -0.3 is 9.73 Å². The van der Waals surface area contributed by atoms with Gasteiger partial charge in [-0.05, 0) is 36.4 Å². The highest BCUT2D eigenvalue weighted by atomic mass is 79.9. The van der Waals surface area contributed by atoms with E-state index in [2.05, 4.69) is 21.2 Å². The molecule has 1 N–H and O–H groups in total. The summed E-state index contributed by atoms with van der Waals surface area (Å²) in [5.41, 5.74) is 1.74. The molecule has 1 aromatic heterocycles. The molecular formula is C19H14BrNO2. The third-order valence-corrected chi connectivity index (χ3v) is 3.67. The summed E-state index contributed by atoms with van der Waals surface area (Å²) in [6.07, 6.45) is 3.11. The van der Waals surface area contributed by atoms with Crippen molar-refractivity contribution in [3.8, 4) is 11.3 Å². The van der Waals surface area contributed by atoms with E-state index in [0.717, 1.165) is 21.5 Å². The van der Waals surface area contributed by atoms with Crippen molar-refractivity contribution in [2.24, 2.45) is 0 Å². The van der Waals surface area contributed by atoms with E-state index in [-0.39, 0.29) is 5.91 Å². The maximum atomic E-state index is 11.9. The van der Waals surface area contributed by atoms with Gasteiger partial charge in [0.15, 0.2) is 0 Å². The molecule has 0 spiro atoms. The number of hydrogen-bond acceptors (Lipinski definition) is 2. The average molecular weight is 368 g/mol. The molecule has 0 radical (unpaired) electrons. The van der Waals surface area contributed by atoms with Crippen LogP contribution in [0.2, 0.25) is 0 Å². The second-order valence-corrected chi connectivity index (χ2v) is 5.82. The first-order valence-electron chi connectivity index (χ1n) is 7.10. The SMILES string of the molecule is O=C(/C=C/c1ccc(-c2ccccc2)o1)Nc1cccc(Br)c1. The number of rotatable bonds is 4. The number of furan rings is 1. The number of benzene rings is 2. The molecule has 0 unspecified atom stereocenters. The molecule has 0 aliphatic rings. The molecule has 1 heterocycles. The van der Waals surface area contributed by atoms with Gasteiger partial charge in [0.1, 0.15) is 11.5 Å². The van der Waals surface area contributed by atoms with Crippen molar-refractivity contribution in [3.05, 3.63) is 83.0 Å². The highest BCUT2D eigenvalue weighted by Gasteiger charge is 2.03. The van der Waals surface area contributed by atoms with Gasteiger partial charge in [0.25, 0.3) is 0 Å². The van der Waals surface area contributed by atoms with Gasteiger partial charge in [0.2, 0.25) is 5.91 Å². The van der Waals surface area contributed by atoms with Crippen molar-refractivity contribution in [2.75, 3.05) is 5.32 Å². The van der Waals surface area contributed by atoms with E-state index in [1.165, 1.54) is 6.08 Å². The van der Waals surface area contributed by atoms with Crippen LogP contribution in [0.25, 0.3) is 17.4 Å². The largest absolute Gasteiger partial charge is 0.457 e. The van der Waals surface area contributed by atoms with Gasteiger partial charge in [-0.1, -0.05) is 52.3 Å². The number of hydrogen-bond donors (Lipinski definition) is 1. The lowest BCUT2D eigenvalue weighted by atomic mass is 10.2. The van der Waals surface area contributed by atoms with Crippen LogP contribution in [0.4, 0.5) is 5.69 Å². The first-order valence-corrected chi connectivity index (χ1v) is 7.90. The van der Waals surface area contributed by atoms with Gasteiger partial charge in [0.05, 0.1) is 0 Å². The zero-order chi connectivity index (χ0) is 16.1. The lowest BCUT2D eigenvalue weighted by Gasteiger charge is -2.01. The van der Waals surface area contributed by atoms with E-state index in [9.17, 15) is 4.79 Å². The fourth-order valence-electron chi connectivity index (χ4n) is 2.11. The van der Waals surface area contributed by atoms with E-state index < -0.39 is 0 Å². The smallest absolute Gasteiger partial charge is 0.248 e. The van der Waals surface area contributed by atoms with Crippen LogP contribution >= 0.6 is 15.9 Å². The molecule has 3 aromatic rings. The second kappa shape index (κ2) is 7.11. The van der Waals surface area contributed by atoms with Crippen molar-refractivity contribution >= 4 is 33.6 Å². The number of anilines is 1. The molecule has 2 aromatic carbocycles. The Morgan fingerprint density at radius 3 is 2.61 bits per heavy atom. The first-order chi connectivity index (χ1) is 11.2. The Hall–Kier alpha value is -2.59. The Morgan fingerprint density at radius 1 is 1.00 bits per heavy atom. The highest BCUT2D eigenvalue weighted by Crippen LogP contribution is 2.22. The normalized spacial score (nSPS) is 10.8. The van der Waals surface area contributed by atoms with Crippen LogP contribution in [-0.4, -0.2) is 5.91 Å². The lowest BCUT2D eigenvalue weighted by molar-refractivity contribution is -0.111. The summed E-state index contributed by atoms with van der Waals surface area (Å²) in [4.78, 5) is 11.9. The van der Waals surface area contributed by atoms with E-state index in [1.807, 2.05) is 66.7 Å². The first kappa shape index (κ1) is 15.3. The summed E-state index contributed by atoms with van der Waals surface area (Å²) in [5, 5.41) is 2.79. The van der Waals surface area contributed by atoms with Crippen molar-refractivity contribution in [2.45, 2.75) is 0 Å². The number of amides is 1. The molecule has 1 amide bonds. The number of nitrogens with one attached hydrogen (secondary N) is 1. The number of carbonyl (C=O) groups excluding carboxylic acids is 1. The summed E-state index contributed by atoms with van der Waals surface area (Å²) in [7, 11) is 0. The van der Waals surface area contributed by atoms with E-state index in [1.54, 1.807) is 6.08 Å². The van der Waals surface area contributed by atoms with Crippen molar-refractivity contribution in [1.29, 1.82) is 0 Å². The summed E-state index contributed by atoms with van der Waals surface area (Å²) >= 11 is 3.37. The van der Waals surface area contributed by atoms with Gasteiger partial charge in [-0.15, -0.1) is 0 Å². The molecule has 0 bridgehead atoms. The molecule has 4 heteroatoms. The summed E-state index contributed by atoms with van der Waals surface area (Å²) < 4.78 is 6.63. The van der Waals surface area contributed by atoms with Crippen LogP contribution < -0.4 is 5.32 Å². The van der Waals surface area contributed by atoms with Gasteiger partial charge in [-0.3, -0.25) is 4.79 Å². The molecule has 0 fully saturated rings. The fourth-order valence-corrected chi connectivity index (χ4v) is 2.51. The third kappa shape index (κ3) is 4.20. The molecule has 23 heavy (non-hydrogen) atoms. The van der Waals surface area contributed by atoms with E-state index in [0.29, 0.717) is 5.76 Å². The average Bonchev–Trinajstić information content (AvgIpc) is 3.03. The number of carbonyl (C=O) groups is 1. The summed E-state index contributed by atoms with van der Waals surface area (Å²) in [6, 6.07) is 21.0. The van der Waals surface area contributed by atoms with Crippen molar-refractivity contribution in [3.63, 3.8) is 0 Å². The standard InChI is InChI=1S/C19H14BrNO2/c20-15-7-4-8-16(13-15)21-19(22)12-10-17-9-11-18(23-17)14-5-2-1-3-6-14/h1-13H,(H,21,22)/b12-10+. The van der Waals surface area contributed by atoms with E-state index >= 15 is 0 Å². The monoisotopic (exact) mass is 367 g/mol. The lowest BCUT2D eigenvalue weighted by Crippen LogP contribution is -2.07. The molecule has 0 aliphatic carbocycles. The summed E-state index contributed by atoms with van der Waals surface area (Å²) in [6.45, 7) is 0. The molecule has 0 aliphatic heterocycles. The predicted molar refractivity (Wildman–Crippen MR) is 95.9 cm³/mol. The maximum Gasteiger partial charge on any atom is 0.248 e. The molecule has 114 valence electrons. The van der Waals surface area contributed by atoms with Gasteiger partial charge >= 0.3 is 0 Å². The van der Waals surface area contributed by atoms with Crippen molar-refractivity contribution in [1.82, 2.24) is 0 Å². The summed E-state index contributed by atoms with van der Waals surface area (Å²) in [5.74, 6) is 1.20. The van der Waals surface area contributed by atoms with Crippen LogP contribution in [0.15, 0.2) is 81.7 Å². The Morgan fingerprint density at radius 2 is 1.83 bits per heavy atom. The quantitative estimate of drug-likeness (QED) is 0.630. The zero-order valence-corrected chi connectivity index (χ0v) is 13.8. The molecule has 3 nitrogen and oxygen atoms in total. The Balaban J connectivity index is 1.66. The van der Waals surface area contributed by atoms with E-state index in [4.69, 9.17) is 4.42 Å². The molecule has 3 rings (SSSR count). The number of halogens is 1. The Labute approximate surface area is 142 Å². The molecule has 0 saturated carbocycles. The van der Waals surface area contributed by atoms with Gasteiger partial charge in [-0.2, -0.15) is 0 Å². The third-order valence-electron chi connectivity index (χ3n) is 3.18. The predicted octanol–water partition coefficient (Wildman–Crippen LogP) is 5.36. The van der Waals surface area contributed by atoms with Gasteiger partial charge in [-0.25, -0.2) is 0 Å². The van der Waals surface area contributed by atoms with Crippen LogP contribution in [0, 0.1) is 0 Å². The minimum Gasteiger partial charge on any atom is -0.457 e. The minimum absolute atomic E-state index is 0.208. The van der Waals surface area contributed by atoms with Gasteiger partial charge in [0, 0.05) is 21.8 Å². The topological polar surface area (TPSA) is 42.2 Å². The zero-order valence-electron chi connectivity index (χ0n) is 12.2. The minimum atomic E-state index is -0.208. The maximum absolute atomic E-state index is 11.9. The highest BCUT2D eigenvalue weighted by molar-refractivity contribution is 9.10.